The van der Waals surface area contributed by atoms with E-state index < -0.39 is 36.0 Å². The van der Waals surface area contributed by atoms with E-state index in [9.17, 15) is 26.7 Å². The number of rotatable bonds is 5. The van der Waals surface area contributed by atoms with Gasteiger partial charge in [0.15, 0.2) is 6.17 Å². The average molecular weight is 401 g/mol. The van der Waals surface area contributed by atoms with Gasteiger partial charge in [-0.2, -0.15) is 0 Å². The van der Waals surface area contributed by atoms with Crippen molar-refractivity contribution in [1.29, 1.82) is 0 Å². The molecule has 4 nitrogen and oxygen atoms in total. The zero-order valence-electron chi connectivity index (χ0n) is 14.7. The highest BCUT2D eigenvalue weighted by molar-refractivity contribution is 5.84. The van der Waals surface area contributed by atoms with Gasteiger partial charge in [-0.05, 0) is 29.8 Å². The molecule has 0 aromatic heterocycles. The van der Waals surface area contributed by atoms with Gasteiger partial charge in [-0.25, -0.2) is 8.78 Å². The first kappa shape index (κ1) is 19.9. The van der Waals surface area contributed by atoms with E-state index in [0.29, 0.717) is 0 Å². The molecule has 2 aromatic carbocycles. The first-order valence-electron chi connectivity index (χ1n) is 8.31. The molecule has 1 fully saturated rings. The lowest BCUT2D eigenvalue weighted by Gasteiger charge is -2.26. The molecular weight excluding hydrogens is 385 g/mol. The largest absolute Gasteiger partial charge is 0.573 e. The highest BCUT2D eigenvalue weighted by Crippen LogP contribution is 2.41. The lowest BCUT2D eigenvalue weighted by atomic mass is 10.0. The van der Waals surface area contributed by atoms with Gasteiger partial charge in [0, 0.05) is 13.0 Å². The molecule has 1 amide bonds. The molecule has 0 bridgehead atoms. The molecule has 3 rings (SSSR count). The molecule has 1 heterocycles. The van der Waals surface area contributed by atoms with Crippen LogP contribution in [0.4, 0.5) is 22.0 Å². The number of likely N-dealkylation sites (tertiary alicyclic amines) is 1. The zero-order valence-corrected chi connectivity index (χ0v) is 14.7. The van der Waals surface area contributed by atoms with Crippen molar-refractivity contribution in [2.75, 3.05) is 7.11 Å². The van der Waals surface area contributed by atoms with Gasteiger partial charge in [-0.15, -0.1) is 13.2 Å². The maximum absolute atomic E-state index is 14.4. The average Bonchev–Trinajstić information content (AvgIpc) is 2.88. The van der Waals surface area contributed by atoms with Gasteiger partial charge in [0.05, 0.1) is 18.7 Å². The van der Waals surface area contributed by atoms with E-state index in [1.54, 1.807) is 0 Å². The van der Waals surface area contributed by atoms with Crippen LogP contribution in [0.3, 0.4) is 0 Å². The minimum Gasteiger partial charge on any atom is -0.496 e. The Balaban J connectivity index is 1.92. The van der Waals surface area contributed by atoms with Gasteiger partial charge in [0.1, 0.15) is 17.3 Å². The SMILES string of the molecule is COc1cccc(F)c1[C@H]1C[C@H](F)C(=O)N1Cc1cccc(OC(F)(F)F)c1. The van der Waals surface area contributed by atoms with Crippen LogP contribution in [0.1, 0.15) is 23.6 Å². The third kappa shape index (κ3) is 4.18. The van der Waals surface area contributed by atoms with Gasteiger partial charge in [0.2, 0.25) is 0 Å². The Hall–Kier alpha value is -2.84. The Bertz CT molecular complexity index is 871. The Morgan fingerprint density at radius 1 is 1.18 bits per heavy atom. The fourth-order valence-corrected chi connectivity index (χ4v) is 3.28. The van der Waals surface area contributed by atoms with Crippen LogP contribution in [0.25, 0.3) is 0 Å². The molecule has 9 heteroatoms. The maximum atomic E-state index is 14.4. The standard InChI is InChI=1S/C19H16F5NO3/c1-27-16-7-3-6-13(20)17(16)15-9-14(21)18(26)25(15)10-11-4-2-5-12(8-11)28-19(22,23)24/h2-8,14-15H,9-10H2,1H3/t14-,15+/m0/s1. The van der Waals surface area contributed by atoms with Crippen molar-refractivity contribution >= 4 is 5.91 Å². The van der Waals surface area contributed by atoms with Gasteiger partial charge >= 0.3 is 6.36 Å². The van der Waals surface area contributed by atoms with Crippen molar-refractivity contribution in [1.82, 2.24) is 4.90 Å². The number of carbonyl (C=O) groups is 1. The first-order valence-corrected chi connectivity index (χ1v) is 8.31. The van der Waals surface area contributed by atoms with E-state index in [4.69, 9.17) is 4.74 Å². The molecule has 1 saturated heterocycles. The molecule has 2 aromatic rings. The van der Waals surface area contributed by atoms with Gasteiger partial charge < -0.3 is 14.4 Å². The lowest BCUT2D eigenvalue weighted by molar-refractivity contribution is -0.274. The number of hydrogen-bond donors (Lipinski definition) is 0. The number of methoxy groups -OCH3 is 1. The number of benzene rings is 2. The normalized spacial score (nSPS) is 19.8. The van der Waals surface area contributed by atoms with Crippen molar-refractivity contribution in [2.45, 2.75) is 31.5 Å². The Kier molecular flexibility index (Phi) is 5.44. The lowest BCUT2D eigenvalue weighted by Crippen LogP contribution is -2.30. The molecule has 1 aliphatic rings. The summed E-state index contributed by atoms with van der Waals surface area (Å²) < 4.78 is 74.8. The molecule has 0 unspecified atom stereocenters. The number of alkyl halides is 4. The highest BCUT2D eigenvalue weighted by Gasteiger charge is 2.42. The number of hydrogen-bond acceptors (Lipinski definition) is 3. The summed E-state index contributed by atoms with van der Waals surface area (Å²) in [7, 11) is 1.32. The van der Waals surface area contributed by atoms with Crippen LogP contribution in [0, 0.1) is 5.82 Å². The van der Waals surface area contributed by atoms with Crippen LogP contribution < -0.4 is 9.47 Å². The molecule has 0 saturated carbocycles. The fraction of sp³-hybridized carbons (Fsp3) is 0.316. The summed E-state index contributed by atoms with van der Waals surface area (Å²) in [5.74, 6) is -1.83. The molecule has 0 aliphatic carbocycles. The summed E-state index contributed by atoms with van der Waals surface area (Å²) in [5, 5.41) is 0. The summed E-state index contributed by atoms with van der Waals surface area (Å²) in [6.45, 7) is -0.212. The second-order valence-electron chi connectivity index (χ2n) is 6.24. The second-order valence-corrected chi connectivity index (χ2v) is 6.24. The predicted molar refractivity (Wildman–Crippen MR) is 88.9 cm³/mol. The summed E-state index contributed by atoms with van der Waals surface area (Å²) in [6.07, 6.45) is -6.99. The van der Waals surface area contributed by atoms with Crippen molar-refractivity contribution in [3.8, 4) is 11.5 Å². The van der Waals surface area contributed by atoms with Crippen LogP contribution in [0.5, 0.6) is 11.5 Å². The molecular formula is C19H16F5NO3. The van der Waals surface area contributed by atoms with E-state index in [1.165, 1.54) is 37.4 Å². The van der Waals surface area contributed by atoms with E-state index in [-0.39, 0.29) is 29.8 Å². The smallest absolute Gasteiger partial charge is 0.496 e. The topological polar surface area (TPSA) is 38.8 Å². The van der Waals surface area contributed by atoms with E-state index in [1.807, 2.05) is 0 Å². The van der Waals surface area contributed by atoms with Crippen LogP contribution in [0.15, 0.2) is 42.5 Å². The van der Waals surface area contributed by atoms with Crippen LogP contribution in [-0.4, -0.2) is 30.5 Å². The minimum atomic E-state index is -4.87. The fourth-order valence-electron chi connectivity index (χ4n) is 3.28. The van der Waals surface area contributed by atoms with Crippen molar-refractivity contribution in [3.05, 3.63) is 59.4 Å². The number of carbonyl (C=O) groups excluding carboxylic acids is 1. The Morgan fingerprint density at radius 3 is 2.57 bits per heavy atom. The number of ether oxygens (including phenoxy) is 2. The van der Waals surface area contributed by atoms with Gasteiger partial charge in [0.25, 0.3) is 5.91 Å². The van der Waals surface area contributed by atoms with Gasteiger partial charge in [-0.3, -0.25) is 4.79 Å². The number of amides is 1. The first-order chi connectivity index (χ1) is 13.2. The number of halogens is 5. The summed E-state index contributed by atoms with van der Waals surface area (Å²) >= 11 is 0. The molecule has 0 N–H and O–H groups in total. The maximum Gasteiger partial charge on any atom is 0.573 e. The zero-order chi connectivity index (χ0) is 20.5. The highest BCUT2D eigenvalue weighted by atomic mass is 19.4. The van der Waals surface area contributed by atoms with Crippen LogP contribution in [-0.2, 0) is 11.3 Å². The second kappa shape index (κ2) is 7.65. The van der Waals surface area contributed by atoms with Crippen molar-refractivity contribution < 1.29 is 36.2 Å². The Labute approximate surface area is 157 Å². The molecule has 2 atom stereocenters. The molecule has 28 heavy (non-hydrogen) atoms. The van der Waals surface area contributed by atoms with Gasteiger partial charge in [-0.1, -0.05) is 18.2 Å². The minimum absolute atomic E-state index is 0.0289. The van der Waals surface area contributed by atoms with Crippen molar-refractivity contribution in [3.63, 3.8) is 0 Å². The summed E-state index contributed by atoms with van der Waals surface area (Å²) in [5.41, 5.74) is 0.311. The van der Waals surface area contributed by atoms with E-state index in [2.05, 4.69) is 4.74 Å². The van der Waals surface area contributed by atoms with Crippen molar-refractivity contribution in [2.24, 2.45) is 0 Å². The summed E-state index contributed by atoms with van der Waals surface area (Å²) in [4.78, 5) is 13.4. The third-order valence-corrected chi connectivity index (χ3v) is 4.41. The molecule has 150 valence electrons. The van der Waals surface area contributed by atoms with Crippen LogP contribution in [0.2, 0.25) is 0 Å². The third-order valence-electron chi connectivity index (χ3n) is 4.41. The van der Waals surface area contributed by atoms with Crippen LogP contribution >= 0.6 is 0 Å². The predicted octanol–water partition coefficient (Wildman–Crippen LogP) is 4.54. The molecule has 0 spiro atoms. The Morgan fingerprint density at radius 2 is 1.89 bits per heavy atom. The number of nitrogens with zero attached hydrogens (tertiary/aromatic N) is 1. The van der Waals surface area contributed by atoms with E-state index in [0.717, 1.165) is 17.0 Å². The summed E-state index contributed by atoms with van der Waals surface area (Å²) in [6, 6.07) is 8.13. The van der Waals surface area contributed by atoms with E-state index >= 15 is 0 Å². The molecule has 1 aliphatic heterocycles. The monoisotopic (exact) mass is 401 g/mol. The quantitative estimate of drug-likeness (QED) is 0.691. The molecule has 0 radical (unpaired) electrons.